The number of ketones is 2. The maximum absolute atomic E-state index is 12.2. The lowest BCUT2D eigenvalue weighted by molar-refractivity contribution is 0.0600. The summed E-state index contributed by atoms with van der Waals surface area (Å²) in [4.78, 5) is 35.9. The molecule has 23 heavy (non-hydrogen) atoms. The molecule has 118 valence electrons. The van der Waals surface area contributed by atoms with Crippen molar-refractivity contribution in [2.45, 2.75) is 13.3 Å². The molecule has 2 aromatic carbocycles. The van der Waals surface area contributed by atoms with E-state index in [4.69, 9.17) is 0 Å². The summed E-state index contributed by atoms with van der Waals surface area (Å²) in [5.41, 5.74) is 1.41. The molecule has 0 fully saturated rings. The Bertz CT molecular complexity index is 777. The summed E-state index contributed by atoms with van der Waals surface area (Å²) in [5, 5.41) is 9.74. The lowest BCUT2D eigenvalue weighted by Crippen LogP contribution is -2.10. The molecule has 0 bridgehead atoms. The minimum absolute atomic E-state index is 0.113. The predicted octanol–water partition coefficient (Wildman–Crippen LogP) is 2.94. The van der Waals surface area contributed by atoms with Crippen LogP contribution in [0.4, 0.5) is 0 Å². The third-order valence-corrected chi connectivity index (χ3v) is 3.38. The van der Waals surface area contributed by atoms with Gasteiger partial charge >= 0.3 is 5.97 Å². The third kappa shape index (κ3) is 3.83. The Morgan fingerprint density at radius 2 is 1.70 bits per heavy atom. The van der Waals surface area contributed by atoms with E-state index in [0.29, 0.717) is 0 Å². The number of hydrogen-bond donors (Lipinski definition) is 1. The number of phenolic OH excluding ortho intramolecular Hbond substituents is 1. The van der Waals surface area contributed by atoms with Gasteiger partial charge in [0, 0.05) is 5.56 Å². The minimum atomic E-state index is -0.553. The fraction of sp³-hybridized carbons (Fsp3) is 0.167. The highest BCUT2D eigenvalue weighted by molar-refractivity contribution is 6.14. The van der Waals surface area contributed by atoms with Crippen LogP contribution in [-0.2, 0) is 4.74 Å². The van der Waals surface area contributed by atoms with Crippen LogP contribution in [0.25, 0.3) is 0 Å². The molecule has 0 aromatic heterocycles. The molecule has 0 amide bonds. The van der Waals surface area contributed by atoms with Gasteiger partial charge in [-0.05, 0) is 31.2 Å². The van der Waals surface area contributed by atoms with E-state index in [9.17, 15) is 19.5 Å². The highest BCUT2D eigenvalue weighted by atomic mass is 16.5. The predicted molar refractivity (Wildman–Crippen MR) is 83.9 cm³/mol. The first-order chi connectivity index (χ1) is 10.9. The molecule has 0 aliphatic carbocycles. The number of esters is 1. The highest BCUT2D eigenvalue weighted by Crippen LogP contribution is 2.21. The summed E-state index contributed by atoms with van der Waals surface area (Å²) < 4.78 is 4.60. The molecular formula is C18H16O5. The van der Waals surface area contributed by atoms with Gasteiger partial charge in [-0.25, -0.2) is 4.79 Å². The molecule has 5 heteroatoms. The van der Waals surface area contributed by atoms with Crippen LogP contribution in [0, 0.1) is 6.92 Å². The van der Waals surface area contributed by atoms with Crippen LogP contribution >= 0.6 is 0 Å². The second kappa shape index (κ2) is 6.87. The molecule has 0 saturated carbocycles. The smallest absolute Gasteiger partial charge is 0.337 e. The van der Waals surface area contributed by atoms with E-state index in [2.05, 4.69) is 4.74 Å². The molecule has 0 aliphatic heterocycles. The van der Waals surface area contributed by atoms with Crippen molar-refractivity contribution in [1.82, 2.24) is 0 Å². The average molecular weight is 312 g/mol. The van der Waals surface area contributed by atoms with Crippen molar-refractivity contribution < 1.29 is 24.2 Å². The van der Waals surface area contributed by atoms with E-state index < -0.39 is 17.5 Å². The van der Waals surface area contributed by atoms with Crippen LogP contribution in [0.2, 0.25) is 0 Å². The van der Waals surface area contributed by atoms with E-state index in [1.54, 1.807) is 19.1 Å². The second-order valence-electron chi connectivity index (χ2n) is 5.12. The largest absolute Gasteiger partial charge is 0.507 e. The van der Waals surface area contributed by atoms with Gasteiger partial charge in [-0.15, -0.1) is 0 Å². The standard InChI is InChI=1S/C18H16O5/c1-11-6-7-15(19)14(8-11)17(21)10-16(20)12-4-3-5-13(9-12)18(22)23-2/h3-9,19H,10H2,1-2H3. The zero-order chi connectivity index (χ0) is 17.0. The molecule has 0 spiro atoms. The molecule has 5 nitrogen and oxygen atoms in total. The van der Waals surface area contributed by atoms with E-state index >= 15 is 0 Å². The number of carbonyl (C=O) groups excluding carboxylic acids is 3. The Morgan fingerprint density at radius 1 is 1.00 bits per heavy atom. The molecule has 0 unspecified atom stereocenters. The Kier molecular flexibility index (Phi) is 4.91. The van der Waals surface area contributed by atoms with E-state index in [1.165, 1.54) is 37.4 Å². The van der Waals surface area contributed by atoms with Gasteiger partial charge in [0.2, 0.25) is 0 Å². The third-order valence-electron chi connectivity index (χ3n) is 3.38. The van der Waals surface area contributed by atoms with E-state index in [0.717, 1.165) is 5.56 Å². The average Bonchev–Trinajstić information content (AvgIpc) is 2.56. The lowest BCUT2D eigenvalue weighted by atomic mass is 9.98. The van der Waals surface area contributed by atoms with Crippen LogP contribution in [0.3, 0.4) is 0 Å². The topological polar surface area (TPSA) is 80.7 Å². The van der Waals surface area contributed by atoms with Gasteiger partial charge in [-0.3, -0.25) is 9.59 Å². The van der Waals surface area contributed by atoms with Crippen LogP contribution in [0.1, 0.15) is 43.1 Å². The molecule has 1 N–H and O–H groups in total. The summed E-state index contributed by atoms with van der Waals surface area (Å²) in [6, 6.07) is 10.6. The number of methoxy groups -OCH3 is 1. The molecular weight excluding hydrogens is 296 g/mol. The fourth-order valence-electron chi connectivity index (χ4n) is 2.15. The molecule has 2 rings (SSSR count). The summed E-state index contributed by atoms with van der Waals surface area (Å²) in [5.74, 6) is -1.61. The minimum Gasteiger partial charge on any atom is -0.507 e. The van der Waals surface area contributed by atoms with Crippen molar-refractivity contribution in [2.24, 2.45) is 0 Å². The number of aromatic hydroxyl groups is 1. The number of carbonyl (C=O) groups is 3. The van der Waals surface area contributed by atoms with E-state index in [-0.39, 0.29) is 28.9 Å². The normalized spacial score (nSPS) is 10.2. The van der Waals surface area contributed by atoms with Gasteiger partial charge in [-0.2, -0.15) is 0 Å². The van der Waals surface area contributed by atoms with Crippen molar-refractivity contribution in [3.05, 3.63) is 64.7 Å². The first-order valence-corrected chi connectivity index (χ1v) is 6.96. The lowest BCUT2D eigenvalue weighted by Gasteiger charge is -2.06. The second-order valence-corrected chi connectivity index (χ2v) is 5.12. The zero-order valence-electron chi connectivity index (χ0n) is 12.8. The Morgan fingerprint density at radius 3 is 2.39 bits per heavy atom. The van der Waals surface area contributed by atoms with Gasteiger partial charge in [0.05, 0.1) is 24.7 Å². The van der Waals surface area contributed by atoms with Gasteiger partial charge in [-0.1, -0.05) is 23.8 Å². The van der Waals surface area contributed by atoms with Crippen molar-refractivity contribution in [1.29, 1.82) is 0 Å². The van der Waals surface area contributed by atoms with Gasteiger partial charge in [0.25, 0.3) is 0 Å². The van der Waals surface area contributed by atoms with Gasteiger partial charge < -0.3 is 9.84 Å². The summed E-state index contributed by atoms with van der Waals surface area (Å²) in [6.45, 7) is 1.79. The number of benzene rings is 2. The first kappa shape index (κ1) is 16.4. The van der Waals surface area contributed by atoms with Crippen LogP contribution in [-0.4, -0.2) is 29.8 Å². The summed E-state index contributed by atoms with van der Waals surface area (Å²) >= 11 is 0. The van der Waals surface area contributed by atoms with Gasteiger partial charge in [0.1, 0.15) is 5.75 Å². The fourth-order valence-corrected chi connectivity index (χ4v) is 2.15. The Balaban J connectivity index is 2.20. The van der Waals surface area contributed by atoms with Crippen LogP contribution in [0.5, 0.6) is 5.75 Å². The van der Waals surface area contributed by atoms with E-state index in [1.807, 2.05) is 0 Å². The Hall–Kier alpha value is -2.95. The number of phenols is 1. The van der Waals surface area contributed by atoms with Crippen LogP contribution in [0.15, 0.2) is 42.5 Å². The number of rotatable bonds is 5. The van der Waals surface area contributed by atoms with Crippen LogP contribution < -0.4 is 0 Å². The molecule has 0 radical (unpaired) electrons. The molecule has 0 heterocycles. The summed E-state index contributed by atoms with van der Waals surface area (Å²) in [7, 11) is 1.25. The van der Waals surface area contributed by atoms with Crippen molar-refractivity contribution in [3.63, 3.8) is 0 Å². The zero-order valence-corrected chi connectivity index (χ0v) is 12.8. The molecule has 0 saturated heterocycles. The highest BCUT2D eigenvalue weighted by Gasteiger charge is 2.18. The molecule has 2 aromatic rings. The summed E-state index contributed by atoms with van der Waals surface area (Å²) in [6.07, 6.45) is -0.387. The van der Waals surface area contributed by atoms with Gasteiger partial charge in [0.15, 0.2) is 11.6 Å². The SMILES string of the molecule is COC(=O)c1cccc(C(=O)CC(=O)c2cc(C)ccc2O)c1. The monoisotopic (exact) mass is 312 g/mol. The van der Waals surface area contributed by atoms with Crippen molar-refractivity contribution in [2.75, 3.05) is 7.11 Å². The number of aryl methyl sites for hydroxylation is 1. The maximum Gasteiger partial charge on any atom is 0.337 e. The van der Waals surface area contributed by atoms with Crippen molar-refractivity contribution >= 4 is 17.5 Å². The number of hydrogen-bond acceptors (Lipinski definition) is 5. The quantitative estimate of drug-likeness (QED) is 0.521. The number of Topliss-reactive ketones (excluding diaryl/α,β-unsaturated/α-hetero) is 2. The maximum atomic E-state index is 12.2. The van der Waals surface area contributed by atoms with Crippen molar-refractivity contribution in [3.8, 4) is 5.75 Å². The molecule has 0 aliphatic rings. The number of ether oxygens (including phenoxy) is 1. The molecule has 0 atom stereocenters. The first-order valence-electron chi connectivity index (χ1n) is 6.96. The Labute approximate surface area is 133 Å².